The SMILES string of the molecule is CC/C=C\C/C=C\C/C=C\C/C=C\C=C/C(O)C/C=C\CCC(=O)O[C@H](COC(=O)CCCCCC/C=C\C/C=C\C/C=C\CCCCC)COP(=O)(O)OC1[C@H](O)[C@H](O)C(O)[C@H](O)[C@H]1O. The van der Waals surface area contributed by atoms with Gasteiger partial charge in [-0.25, -0.2) is 4.57 Å². The predicted octanol–water partition coefficient (Wildman–Crippen LogP) is 8.58. The summed E-state index contributed by atoms with van der Waals surface area (Å²) in [5.74, 6) is -1.32. The van der Waals surface area contributed by atoms with Gasteiger partial charge in [0.15, 0.2) is 6.10 Å². The number of allylic oxidation sites excluding steroid dienone is 16. The first-order valence-corrected chi connectivity index (χ1v) is 25.3. The van der Waals surface area contributed by atoms with E-state index >= 15 is 0 Å². The van der Waals surface area contributed by atoms with Gasteiger partial charge in [0.05, 0.1) is 12.7 Å². The lowest BCUT2D eigenvalue weighted by Crippen LogP contribution is -2.64. The predicted molar refractivity (Wildman–Crippen MR) is 259 cm³/mol. The molecule has 1 fully saturated rings. The van der Waals surface area contributed by atoms with Crippen LogP contribution in [0.25, 0.3) is 0 Å². The van der Waals surface area contributed by atoms with Gasteiger partial charge in [-0.2, -0.15) is 0 Å². The van der Waals surface area contributed by atoms with Crippen molar-refractivity contribution in [2.45, 2.75) is 185 Å². The Morgan fingerprint density at radius 1 is 0.561 bits per heavy atom. The zero-order valence-electron chi connectivity index (χ0n) is 39.3. The van der Waals surface area contributed by atoms with Gasteiger partial charge in [-0.1, -0.05) is 149 Å². The lowest BCUT2D eigenvalue weighted by molar-refractivity contribution is -0.220. The molecule has 66 heavy (non-hydrogen) atoms. The fraction of sp³-hybridized carbons (Fsp3) is 0.608. The summed E-state index contributed by atoms with van der Waals surface area (Å²) in [7, 11) is -5.18. The Balaban J connectivity index is 2.58. The van der Waals surface area contributed by atoms with Crippen LogP contribution >= 0.6 is 7.82 Å². The molecular formula is C51H81O14P. The molecule has 0 spiro atoms. The van der Waals surface area contributed by atoms with Crippen LogP contribution < -0.4 is 0 Å². The normalized spacial score (nSPS) is 22.7. The van der Waals surface area contributed by atoms with E-state index in [1.807, 2.05) is 12.2 Å². The lowest BCUT2D eigenvalue weighted by Gasteiger charge is -2.41. The molecule has 0 radical (unpaired) electrons. The number of carbonyl (C=O) groups excluding carboxylic acids is 2. The van der Waals surface area contributed by atoms with Crippen LogP contribution in [-0.2, 0) is 32.7 Å². The van der Waals surface area contributed by atoms with Crippen LogP contribution in [-0.4, -0.2) is 110 Å². The molecule has 9 atom stereocenters. The molecule has 0 aromatic heterocycles. The molecule has 0 amide bonds. The number of rotatable bonds is 37. The summed E-state index contributed by atoms with van der Waals surface area (Å²) in [5.41, 5.74) is 0. The van der Waals surface area contributed by atoms with Gasteiger partial charge < -0.3 is 45.0 Å². The monoisotopic (exact) mass is 949 g/mol. The minimum Gasteiger partial charge on any atom is -0.462 e. The Hall–Kier alpha value is -3.53. The Morgan fingerprint density at radius 3 is 1.67 bits per heavy atom. The molecule has 1 rings (SSSR count). The first-order valence-electron chi connectivity index (χ1n) is 23.8. The summed E-state index contributed by atoms with van der Waals surface area (Å²) in [4.78, 5) is 35.7. The summed E-state index contributed by atoms with van der Waals surface area (Å²) >= 11 is 0. The Bertz CT molecular complexity index is 1580. The molecular weight excluding hydrogens is 868 g/mol. The molecule has 0 aromatic rings. The third-order valence-electron chi connectivity index (χ3n) is 10.2. The maximum atomic E-state index is 12.8. The van der Waals surface area contributed by atoms with Gasteiger partial charge in [0.1, 0.15) is 43.2 Å². The van der Waals surface area contributed by atoms with Gasteiger partial charge in [-0.15, -0.1) is 0 Å². The molecule has 1 aliphatic carbocycles. The van der Waals surface area contributed by atoms with E-state index in [0.29, 0.717) is 12.8 Å². The number of phosphoric acid groups is 1. The van der Waals surface area contributed by atoms with Crippen LogP contribution in [0.5, 0.6) is 0 Å². The summed E-state index contributed by atoms with van der Waals surface area (Å²) in [6.45, 7) is 2.98. The number of hydrogen-bond acceptors (Lipinski definition) is 13. The van der Waals surface area contributed by atoms with Crippen LogP contribution in [0.4, 0.5) is 0 Å². The average Bonchev–Trinajstić information content (AvgIpc) is 3.29. The first kappa shape index (κ1) is 60.5. The van der Waals surface area contributed by atoms with Gasteiger partial charge >= 0.3 is 19.8 Å². The van der Waals surface area contributed by atoms with E-state index < -0.39 is 81.8 Å². The van der Waals surface area contributed by atoms with Crippen molar-refractivity contribution in [3.63, 3.8) is 0 Å². The molecule has 0 aromatic carbocycles. The second-order valence-electron chi connectivity index (χ2n) is 16.1. The van der Waals surface area contributed by atoms with Crippen molar-refractivity contribution in [1.29, 1.82) is 0 Å². The van der Waals surface area contributed by atoms with E-state index in [4.69, 9.17) is 18.5 Å². The summed E-state index contributed by atoms with van der Waals surface area (Å²) < 4.78 is 33.4. The molecule has 0 aliphatic heterocycles. The number of esters is 2. The maximum absolute atomic E-state index is 12.8. The molecule has 1 aliphatic rings. The fourth-order valence-corrected chi connectivity index (χ4v) is 7.32. The van der Waals surface area contributed by atoms with Crippen LogP contribution in [0.3, 0.4) is 0 Å². The number of aliphatic hydroxyl groups is 6. The van der Waals surface area contributed by atoms with Crippen molar-refractivity contribution >= 4 is 19.8 Å². The topological polar surface area (TPSA) is 230 Å². The number of ether oxygens (including phenoxy) is 2. The highest BCUT2D eigenvalue weighted by atomic mass is 31.2. The summed E-state index contributed by atoms with van der Waals surface area (Å²) in [6, 6.07) is 0. The van der Waals surface area contributed by atoms with E-state index in [1.165, 1.54) is 19.3 Å². The van der Waals surface area contributed by atoms with Crippen molar-refractivity contribution in [2.24, 2.45) is 0 Å². The van der Waals surface area contributed by atoms with Gasteiger partial charge in [0.2, 0.25) is 0 Å². The standard InChI is InChI=1S/C51H81O14P/c1-3-5-7-9-11-13-15-17-18-19-20-22-24-26-28-30-34-38-44(53)62-40-43(41-63-66(60,61)65-51-49(58)47(56)46(55)48(57)50(51)59)64-45(54)39-35-31-33-37-42(52)36-32-29-27-25-23-21-16-14-12-10-8-6-4-2/h6,8,11-14,17-18,20-23,27,29,31-33,36,42-43,46-52,55-59H,3-5,7,9-10,15-16,19,24-26,28,30,34-35,37-41H2,1-2H3,(H,60,61)/b8-6-,13-11-,14-12-,18-17-,22-20-,23-21-,29-27-,33-31-,36-32-/t42?,43-,46?,47-,48+,49-,50-,51?/m1/s1. The highest BCUT2D eigenvalue weighted by molar-refractivity contribution is 7.47. The zero-order chi connectivity index (χ0) is 48.7. The van der Waals surface area contributed by atoms with E-state index in [1.54, 1.807) is 24.3 Å². The molecule has 0 saturated heterocycles. The number of carbonyl (C=O) groups is 2. The van der Waals surface area contributed by atoms with E-state index in [9.17, 15) is 49.7 Å². The molecule has 374 valence electrons. The van der Waals surface area contributed by atoms with Crippen molar-refractivity contribution in [3.05, 3.63) is 109 Å². The minimum atomic E-state index is -5.18. The quantitative estimate of drug-likeness (QED) is 0.0102. The first-order chi connectivity index (χ1) is 31.8. The van der Waals surface area contributed by atoms with Crippen molar-refractivity contribution in [1.82, 2.24) is 0 Å². The van der Waals surface area contributed by atoms with Crippen LogP contribution in [0.1, 0.15) is 136 Å². The largest absolute Gasteiger partial charge is 0.472 e. The third kappa shape index (κ3) is 31.4. The van der Waals surface area contributed by atoms with E-state index in [2.05, 4.69) is 86.8 Å². The van der Waals surface area contributed by atoms with E-state index in [0.717, 1.165) is 70.6 Å². The molecule has 14 nitrogen and oxygen atoms in total. The van der Waals surface area contributed by atoms with E-state index in [-0.39, 0.29) is 19.3 Å². The van der Waals surface area contributed by atoms with Gasteiger partial charge in [0, 0.05) is 12.8 Å². The van der Waals surface area contributed by atoms with Gasteiger partial charge in [-0.05, 0) is 83.5 Å². The molecule has 15 heteroatoms. The highest BCUT2D eigenvalue weighted by Gasteiger charge is 2.51. The van der Waals surface area contributed by atoms with Crippen molar-refractivity contribution in [3.8, 4) is 0 Å². The smallest absolute Gasteiger partial charge is 0.462 e. The molecule has 0 heterocycles. The van der Waals surface area contributed by atoms with Crippen LogP contribution in [0.2, 0.25) is 0 Å². The summed E-state index contributed by atoms with van der Waals surface area (Å²) in [6.07, 6.45) is 37.3. The number of phosphoric ester groups is 1. The number of hydrogen-bond donors (Lipinski definition) is 7. The Labute approximate surface area is 394 Å². The van der Waals surface area contributed by atoms with Gasteiger partial charge in [-0.3, -0.25) is 18.6 Å². The Morgan fingerprint density at radius 2 is 1.08 bits per heavy atom. The Kier molecular flexibility index (Phi) is 36.2. The zero-order valence-corrected chi connectivity index (χ0v) is 40.2. The fourth-order valence-electron chi connectivity index (χ4n) is 6.34. The van der Waals surface area contributed by atoms with Crippen molar-refractivity contribution < 1.29 is 68.2 Å². The summed E-state index contributed by atoms with van der Waals surface area (Å²) in [5, 5.41) is 60.4. The number of unbranched alkanes of at least 4 members (excludes halogenated alkanes) is 7. The average molecular weight is 949 g/mol. The number of aliphatic hydroxyl groups excluding tert-OH is 6. The molecule has 4 unspecified atom stereocenters. The molecule has 7 N–H and O–H groups in total. The molecule has 1 saturated carbocycles. The maximum Gasteiger partial charge on any atom is 0.472 e. The second-order valence-corrected chi connectivity index (χ2v) is 17.5. The highest BCUT2D eigenvalue weighted by Crippen LogP contribution is 2.47. The third-order valence-corrected chi connectivity index (χ3v) is 11.2. The minimum absolute atomic E-state index is 0.0973. The lowest BCUT2D eigenvalue weighted by atomic mass is 9.85. The second kappa shape index (κ2) is 39.5. The van der Waals surface area contributed by atoms with Crippen LogP contribution in [0.15, 0.2) is 109 Å². The van der Waals surface area contributed by atoms with Gasteiger partial charge in [0.25, 0.3) is 0 Å². The molecule has 0 bridgehead atoms. The van der Waals surface area contributed by atoms with Crippen molar-refractivity contribution in [2.75, 3.05) is 13.2 Å². The van der Waals surface area contributed by atoms with Crippen LogP contribution in [0, 0.1) is 0 Å².